The maximum Gasteiger partial charge on any atom is 0.573 e. The van der Waals surface area contributed by atoms with Crippen molar-refractivity contribution in [1.29, 1.82) is 0 Å². The highest BCUT2D eigenvalue weighted by Gasteiger charge is 2.31. The van der Waals surface area contributed by atoms with Crippen LogP contribution in [0.5, 0.6) is 5.75 Å². The van der Waals surface area contributed by atoms with Crippen LogP contribution in [0.15, 0.2) is 71.8 Å². The molecule has 178 valence electrons. The van der Waals surface area contributed by atoms with Gasteiger partial charge in [0.15, 0.2) is 11.6 Å². The van der Waals surface area contributed by atoms with Crippen LogP contribution in [0.25, 0.3) is 22.5 Å². The van der Waals surface area contributed by atoms with E-state index in [0.717, 1.165) is 28.5 Å². The zero-order chi connectivity index (χ0) is 24.6. The summed E-state index contributed by atoms with van der Waals surface area (Å²) < 4.78 is 68.6. The molecule has 3 aromatic carbocycles. The number of hydrazone groups is 1. The van der Waals surface area contributed by atoms with Crippen molar-refractivity contribution in [3.63, 3.8) is 0 Å². The van der Waals surface area contributed by atoms with Gasteiger partial charge in [-0.15, -0.1) is 13.2 Å². The third-order valence-corrected chi connectivity index (χ3v) is 5.44. The zero-order valence-electron chi connectivity index (χ0n) is 18.0. The Labute approximate surface area is 196 Å². The minimum absolute atomic E-state index is 0.0490. The number of aromatic nitrogens is 2. The Morgan fingerprint density at radius 3 is 2.29 bits per heavy atom. The zero-order valence-corrected chi connectivity index (χ0v) is 18.0. The Morgan fingerprint density at radius 1 is 0.914 bits per heavy atom. The molecular formula is C25H17F5N4O. The van der Waals surface area contributed by atoms with Crippen molar-refractivity contribution in [2.24, 2.45) is 5.10 Å². The van der Waals surface area contributed by atoms with Crippen molar-refractivity contribution in [3.05, 3.63) is 95.3 Å². The molecular weight excluding hydrogens is 467 g/mol. The minimum Gasteiger partial charge on any atom is -0.406 e. The second-order valence-electron chi connectivity index (χ2n) is 7.89. The first kappa shape index (κ1) is 22.6. The number of hydrogen-bond donors (Lipinski definition) is 1. The van der Waals surface area contributed by atoms with Crippen LogP contribution in [-0.2, 0) is 13.1 Å². The largest absolute Gasteiger partial charge is 0.573 e. The molecule has 4 aromatic rings. The molecule has 2 heterocycles. The maximum absolute atomic E-state index is 14.1. The third-order valence-electron chi connectivity index (χ3n) is 5.44. The molecule has 0 saturated heterocycles. The number of H-pyrrole nitrogens is 1. The Morgan fingerprint density at radius 2 is 1.60 bits per heavy atom. The van der Waals surface area contributed by atoms with Gasteiger partial charge in [-0.05, 0) is 41.0 Å². The highest BCUT2D eigenvalue weighted by Crippen LogP contribution is 2.28. The molecule has 1 aromatic heterocycles. The van der Waals surface area contributed by atoms with E-state index in [9.17, 15) is 22.0 Å². The summed E-state index contributed by atoms with van der Waals surface area (Å²) in [4.78, 5) is 7.38. The minimum atomic E-state index is -4.73. The van der Waals surface area contributed by atoms with Gasteiger partial charge in [-0.1, -0.05) is 42.5 Å². The van der Waals surface area contributed by atoms with E-state index in [2.05, 4.69) is 19.8 Å². The lowest BCUT2D eigenvalue weighted by atomic mass is 10.0. The van der Waals surface area contributed by atoms with Crippen LogP contribution in [0.2, 0.25) is 0 Å². The fourth-order valence-corrected chi connectivity index (χ4v) is 3.78. The van der Waals surface area contributed by atoms with Gasteiger partial charge in [-0.25, -0.2) is 13.8 Å². The average Bonchev–Trinajstić information content (AvgIpc) is 3.24. The molecule has 0 fully saturated rings. The fourth-order valence-electron chi connectivity index (χ4n) is 3.78. The number of fused-ring (bicyclic) bond motifs is 1. The molecule has 1 N–H and O–H groups in total. The number of hydrogen-bond acceptors (Lipinski definition) is 4. The van der Waals surface area contributed by atoms with Crippen LogP contribution < -0.4 is 4.74 Å². The molecule has 0 amide bonds. The Bertz CT molecular complexity index is 1380. The molecule has 5 nitrogen and oxygen atoms in total. The van der Waals surface area contributed by atoms with E-state index < -0.39 is 18.0 Å². The summed E-state index contributed by atoms with van der Waals surface area (Å²) in [6, 6.07) is 17.1. The predicted molar refractivity (Wildman–Crippen MR) is 119 cm³/mol. The van der Waals surface area contributed by atoms with Crippen LogP contribution in [0.4, 0.5) is 22.0 Å². The Balaban J connectivity index is 1.25. The first-order chi connectivity index (χ1) is 16.7. The number of benzene rings is 3. The van der Waals surface area contributed by atoms with Gasteiger partial charge in [0.1, 0.15) is 17.3 Å². The first-order valence-corrected chi connectivity index (χ1v) is 10.5. The number of imidazole rings is 1. The van der Waals surface area contributed by atoms with Crippen molar-refractivity contribution in [2.45, 2.75) is 19.5 Å². The second kappa shape index (κ2) is 8.86. The molecule has 0 spiro atoms. The van der Waals surface area contributed by atoms with Crippen molar-refractivity contribution in [3.8, 4) is 28.3 Å². The molecule has 35 heavy (non-hydrogen) atoms. The van der Waals surface area contributed by atoms with E-state index in [0.29, 0.717) is 18.8 Å². The number of nitrogens with one attached hydrogen (secondary N) is 1. The number of ether oxygens (including phenoxy) is 1. The number of nitrogens with zero attached hydrogens (tertiary/aromatic N) is 3. The molecule has 0 aliphatic carbocycles. The predicted octanol–water partition coefficient (Wildman–Crippen LogP) is 6.27. The summed E-state index contributed by atoms with van der Waals surface area (Å²) in [5.74, 6) is -1.95. The van der Waals surface area contributed by atoms with E-state index in [1.165, 1.54) is 24.3 Å². The summed E-state index contributed by atoms with van der Waals surface area (Å²) in [6.07, 6.45) is -3.16. The monoisotopic (exact) mass is 484 g/mol. The molecule has 0 bridgehead atoms. The average molecular weight is 484 g/mol. The Hall–Kier alpha value is -4.21. The lowest BCUT2D eigenvalue weighted by Crippen LogP contribution is -2.21. The second-order valence-corrected chi connectivity index (χ2v) is 7.89. The molecule has 1 aliphatic rings. The van der Waals surface area contributed by atoms with Gasteiger partial charge >= 0.3 is 6.36 Å². The molecule has 0 unspecified atom stereocenters. The van der Waals surface area contributed by atoms with E-state index in [1.807, 2.05) is 24.3 Å². The summed E-state index contributed by atoms with van der Waals surface area (Å²) in [6.45, 7) is 0.884. The SMILES string of the molecule is Fc1cccc(-c2nc3c([nH]2)CN(Cc2ccc(-c4ccc(OC(F)(F)F)cc4)cc2)N=C3)c1F. The normalized spacial score (nSPS) is 13.1. The topological polar surface area (TPSA) is 53.5 Å². The Kier molecular flexibility index (Phi) is 5.72. The third kappa shape index (κ3) is 5.01. The van der Waals surface area contributed by atoms with Crippen LogP contribution in [0.1, 0.15) is 17.0 Å². The van der Waals surface area contributed by atoms with Crippen molar-refractivity contribution in [2.75, 3.05) is 0 Å². The standard InChI is InChI=1S/C25H17F5N4O/c26-20-3-1-2-19(23(20)27)24-32-21-12-31-34(14-22(21)33-24)13-15-4-6-16(7-5-15)17-8-10-18(11-9-17)35-25(28,29)30/h1-12H,13-14H2,(H,32,33). The van der Waals surface area contributed by atoms with Crippen molar-refractivity contribution < 1.29 is 26.7 Å². The van der Waals surface area contributed by atoms with Gasteiger partial charge in [0.25, 0.3) is 0 Å². The van der Waals surface area contributed by atoms with Gasteiger partial charge in [0.05, 0.1) is 30.6 Å². The van der Waals surface area contributed by atoms with Crippen molar-refractivity contribution in [1.82, 2.24) is 15.0 Å². The first-order valence-electron chi connectivity index (χ1n) is 10.5. The van der Waals surface area contributed by atoms with Crippen molar-refractivity contribution >= 4 is 6.21 Å². The van der Waals surface area contributed by atoms with Gasteiger partial charge in [-0.3, -0.25) is 5.01 Å². The molecule has 0 atom stereocenters. The van der Waals surface area contributed by atoms with Crippen LogP contribution in [-0.4, -0.2) is 27.6 Å². The summed E-state index contributed by atoms with van der Waals surface area (Å²) >= 11 is 0. The van der Waals surface area contributed by atoms with Gasteiger partial charge in [0, 0.05) is 0 Å². The van der Waals surface area contributed by atoms with Crippen LogP contribution in [0.3, 0.4) is 0 Å². The van der Waals surface area contributed by atoms with Crippen LogP contribution in [0, 0.1) is 11.6 Å². The van der Waals surface area contributed by atoms with Gasteiger partial charge in [-0.2, -0.15) is 5.10 Å². The molecule has 0 radical (unpaired) electrons. The maximum atomic E-state index is 14.1. The van der Waals surface area contributed by atoms with E-state index in [-0.39, 0.29) is 17.1 Å². The van der Waals surface area contributed by atoms with Gasteiger partial charge < -0.3 is 9.72 Å². The van der Waals surface area contributed by atoms with E-state index in [4.69, 9.17) is 0 Å². The highest BCUT2D eigenvalue weighted by atomic mass is 19.4. The molecule has 5 rings (SSSR count). The smallest absolute Gasteiger partial charge is 0.406 e. The number of halogens is 5. The molecule has 10 heteroatoms. The number of rotatable bonds is 5. The van der Waals surface area contributed by atoms with E-state index >= 15 is 0 Å². The molecule has 0 saturated carbocycles. The number of alkyl halides is 3. The molecule has 1 aliphatic heterocycles. The van der Waals surface area contributed by atoms with Gasteiger partial charge in [0.2, 0.25) is 0 Å². The lowest BCUT2D eigenvalue weighted by Gasteiger charge is -2.21. The summed E-state index contributed by atoms with van der Waals surface area (Å²) in [5, 5.41) is 6.18. The van der Waals surface area contributed by atoms with Crippen LogP contribution >= 0.6 is 0 Å². The summed E-state index contributed by atoms with van der Waals surface area (Å²) in [7, 11) is 0. The van der Waals surface area contributed by atoms with E-state index in [1.54, 1.807) is 23.4 Å². The quantitative estimate of drug-likeness (QED) is 0.340. The lowest BCUT2D eigenvalue weighted by molar-refractivity contribution is -0.274. The number of aromatic amines is 1. The summed E-state index contributed by atoms with van der Waals surface area (Å²) in [5.41, 5.74) is 3.90. The highest BCUT2D eigenvalue weighted by molar-refractivity contribution is 5.80. The fraction of sp³-hybridized carbons (Fsp3) is 0.120.